The summed E-state index contributed by atoms with van der Waals surface area (Å²) < 4.78 is 2.89. The minimum Gasteiger partial charge on any atom is -0.858 e. The molecule has 0 fully saturated rings. The first-order valence-electron chi connectivity index (χ1n) is 11.3. The number of imide groups is 1. The Hall–Kier alpha value is -4.52. The third kappa shape index (κ3) is 3.61. The molecule has 7 nitrogen and oxygen atoms in total. The summed E-state index contributed by atoms with van der Waals surface area (Å²) in [6.45, 7) is 7.46. The summed E-state index contributed by atoms with van der Waals surface area (Å²) in [5.41, 5.74) is 4.64. The van der Waals surface area contributed by atoms with Crippen LogP contribution in [-0.2, 0) is 9.59 Å². The van der Waals surface area contributed by atoms with Gasteiger partial charge in [-0.05, 0) is 62.9 Å². The second-order valence-corrected chi connectivity index (χ2v) is 8.76. The van der Waals surface area contributed by atoms with Gasteiger partial charge in [0.15, 0.2) is 12.4 Å². The number of aryl methyl sites for hydroxylation is 4. The highest BCUT2D eigenvalue weighted by Gasteiger charge is 2.47. The maximum Gasteiger partial charge on any atom is 0.331 e. The van der Waals surface area contributed by atoms with Gasteiger partial charge in [0.05, 0.1) is 17.1 Å². The summed E-state index contributed by atoms with van der Waals surface area (Å²) in [6, 6.07) is 18.2. The molecule has 0 atom stereocenters. The number of anilines is 1. The number of hydrogen-bond acceptors (Lipinski definition) is 4. The zero-order chi connectivity index (χ0) is 24.9. The van der Waals surface area contributed by atoms with Gasteiger partial charge in [-0.1, -0.05) is 35.9 Å². The first-order valence-corrected chi connectivity index (χ1v) is 11.3. The van der Waals surface area contributed by atoms with Gasteiger partial charge in [-0.15, -0.1) is 0 Å². The molecule has 2 aromatic carbocycles. The van der Waals surface area contributed by atoms with Crippen molar-refractivity contribution in [3.63, 3.8) is 0 Å². The first-order chi connectivity index (χ1) is 16.8. The molecule has 4 aromatic rings. The van der Waals surface area contributed by atoms with Crippen molar-refractivity contribution in [3.8, 4) is 11.6 Å². The van der Waals surface area contributed by atoms with E-state index in [4.69, 9.17) is 0 Å². The third-order valence-corrected chi connectivity index (χ3v) is 6.14. The Labute approximate surface area is 203 Å². The molecule has 0 saturated carbocycles. The lowest BCUT2D eigenvalue weighted by Gasteiger charge is -2.16. The molecule has 1 aliphatic rings. The number of carbonyl (C=O) groups is 2. The van der Waals surface area contributed by atoms with Crippen LogP contribution in [0.25, 0.3) is 17.0 Å². The molecule has 2 amide bonds. The maximum atomic E-state index is 13.8. The van der Waals surface area contributed by atoms with E-state index in [1.54, 1.807) is 54.2 Å². The maximum absolute atomic E-state index is 13.8. The Bertz CT molecular complexity index is 1530. The summed E-state index contributed by atoms with van der Waals surface area (Å²) in [4.78, 5) is 28.7. The van der Waals surface area contributed by atoms with Crippen LogP contribution in [0.5, 0.6) is 5.88 Å². The molecule has 174 valence electrons. The number of amides is 2. The minimum absolute atomic E-state index is 0.0474. The summed E-state index contributed by atoms with van der Waals surface area (Å²) >= 11 is 0. The number of rotatable bonds is 4. The summed E-state index contributed by atoms with van der Waals surface area (Å²) in [5.74, 6) is -1.48. The fraction of sp³-hybridized carbons (Fsp3) is 0.143. The highest BCUT2D eigenvalue weighted by molar-refractivity contribution is 6.53. The van der Waals surface area contributed by atoms with Crippen molar-refractivity contribution in [2.24, 2.45) is 0 Å². The first kappa shape index (κ1) is 22.3. The van der Waals surface area contributed by atoms with Crippen LogP contribution >= 0.6 is 0 Å². The predicted octanol–water partition coefficient (Wildman–Crippen LogP) is 3.41. The van der Waals surface area contributed by atoms with Gasteiger partial charge in [0.2, 0.25) is 0 Å². The molecule has 7 heteroatoms. The molecule has 0 spiro atoms. The molecule has 0 aliphatic carbocycles. The highest BCUT2D eigenvalue weighted by atomic mass is 16.3. The van der Waals surface area contributed by atoms with E-state index in [-0.39, 0.29) is 16.8 Å². The van der Waals surface area contributed by atoms with Crippen molar-refractivity contribution in [1.29, 1.82) is 0 Å². The van der Waals surface area contributed by atoms with Crippen molar-refractivity contribution in [1.82, 2.24) is 9.78 Å². The highest BCUT2D eigenvalue weighted by Crippen LogP contribution is 2.38. The quantitative estimate of drug-likeness (QED) is 0.342. The Kier molecular flexibility index (Phi) is 5.32. The molecule has 0 radical (unpaired) electrons. The SMILES string of the molecule is Cc1cccc(N2C(=O)C(c3c(C)nn(-c4ccc(C)cc4C)c3[O-])=C([n+]3ccccc3)C2=O)c1. The van der Waals surface area contributed by atoms with E-state index in [9.17, 15) is 14.7 Å². The Morgan fingerprint density at radius 1 is 0.829 bits per heavy atom. The standard InChI is InChI=1S/C28H24N4O3/c1-17-9-8-10-21(16-17)31-26(33)24(25(28(31)35)30-13-6-5-7-14-30)23-20(4)29-32(27(23)34)22-12-11-18(2)15-19(22)3/h5-16H,1-4H3. The summed E-state index contributed by atoms with van der Waals surface area (Å²) in [5, 5.41) is 18.2. The number of aromatic nitrogens is 3. The lowest BCUT2D eigenvalue weighted by atomic mass is 10.0. The zero-order valence-corrected chi connectivity index (χ0v) is 19.9. The molecule has 0 saturated heterocycles. The average molecular weight is 465 g/mol. The van der Waals surface area contributed by atoms with Crippen LogP contribution < -0.4 is 14.6 Å². The number of benzene rings is 2. The van der Waals surface area contributed by atoms with Gasteiger partial charge in [-0.2, -0.15) is 9.67 Å². The summed E-state index contributed by atoms with van der Waals surface area (Å²) in [7, 11) is 0. The monoisotopic (exact) mass is 464 g/mol. The van der Waals surface area contributed by atoms with Gasteiger partial charge in [-0.3, -0.25) is 9.59 Å². The van der Waals surface area contributed by atoms with E-state index in [0.29, 0.717) is 17.1 Å². The Morgan fingerprint density at radius 3 is 2.23 bits per heavy atom. The predicted molar refractivity (Wildman–Crippen MR) is 131 cm³/mol. The van der Waals surface area contributed by atoms with Gasteiger partial charge < -0.3 is 5.11 Å². The molecule has 0 unspecified atom stereocenters. The molecule has 2 aromatic heterocycles. The molecule has 35 heavy (non-hydrogen) atoms. The molecule has 5 rings (SSSR count). The lowest BCUT2D eigenvalue weighted by molar-refractivity contribution is -0.576. The summed E-state index contributed by atoms with van der Waals surface area (Å²) in [6.07, 6.45) is 3.38. The Morgan fingerprint density at radius 2 is 1.54 bits per heavy atom. The Balaban J connectivity index is 1.75. The largest absolute Gasteiger partial charge is 0.858 e. The fourth-order valence-electron chi connectivity index (χ4n) is 4.53. The van der Waals surface area contributed by atoms with E-state index in [0.717, 1.165) is 21.6 Å². The number of carbonyl (C=O) groups excluding carboxylic acids is 2. The van der Waals surface area contributed by atoms with Crippen molar-refractivity contribution in [2.45, 2.75) is 27.7 Å². The fourth-order valence-corrected chi connectivity index (χ4v) is 4.53. The van der Waals surface area contributed by atoms with Crippen LogP contribution in [0.2, 0.25) is 0 Å². The van der Waals surface area contributed by atoms with E-state index in [1.165, 1.54) is 4.68 Å². The van der Waals surface area contributed by atoms with Crippen molar-refractivity contribution >= 4 is 28.8 Å². The van der Waals surface area contributed by atoms with Gasteiger partial charge >= 0.3 is 5.91 Å². The molecule has 0 bridgehead atoms. The topological polar surface area (TPSA) is 82.1 Å². The van der Waals surface area contributed by atoms with Crippen LogP contribution in [-0.4, -0.2) is 21.6 Å². The van der Waals surface area contributed by atoms with Gasteiger partial charge in [-0.25, -0.2) is 9.58 Å². The zero-order valence-electron chi connectivity index (χ0n) is 19.9. The van der Waals surface area contributed by atoms with Gasteiger partial charge in [0, 0.05) is 17.7 Å². The van der Waals surface area contributed by atoms with Crippen LogP contribution in [0.15, 0.2) is 73.1 Å². The van der Waals surface area contributed by atoms with Crippen molar-refractivity contribution < 1.29 is 19.3 Å². The normalized spacial score (nSPS) is 13.8. The van der Waals surface area contributed by atoms with Gasteiger partial charge in [0.25, 0.3) is 11.6 Å². The number of nitrogens with zero attached hydrogens (tertiary/aromatic N) is 4. The second kappa shape index (κ2) is 8.36. The van der Waals surface area contributed by atoms with E-state index >= 15 is 0 Å². The van der Waals surface area contributed by atoms with E-state index in [2.05, 4.69) is 5.10 Å². The number of pyridine rings is 1. The van der Waals surface area contributed by atoms with Crippen LogP contribution in [0, 0.1) is 27.7 Å². The minimum atomic E-state index is -0.549. The number of hydrogen-bond donors (Lipinski definition) is 0. The van der Waals surface area contributed by atoms with Crippen LogP contribution in [0.3, 0.4) is 0 Å². The molecular formula is C28H24N4O3. The van der Waals surface area contributed by atoms with Crippen molar-refractivity contribution in [2.75, 3.05) is 4.90 Å². The molecule has 0 N–H and O–H groups in total. The lowest BCUT2D eigenvalue weighted by Crippen LogP contribution is -2.39. The molecule has 3 heterocycles. The van der Waals surface area contributed by atoms with E-state index in [1.807, 2.05) is 51.1 Å². The van der Waals surface area contributed by atoms with Crippen LogP contribution in [0.4, 0.5) is 5.69 Å². The third-order valence-electron chi connectivity index (χ3n) is 6.14. The smallest absolute Gasteiger partial charge is 0.331 e. The second-order valence-electron chi connectivity index (χ2n) is 8.76. The molecule has 1 aliphatic heterocycles. The van der Waals surface area contributed by atoms with E-state index < -0.39 is 17.7 Å². The molecular weight excluding hydrogens is 440 g/mol. The van der Waals surface area contributed by atoms with Crippen LogP contribution in [0.1, 0.15) is 27.9 Å². The van der Waals surface area contributed by atoms with Crippen molar-refractivity contribution in [3.05, 3.63) is 101 Å². The van der Waals surface area contributed by atoms with Gasteiger partial charge in [0.1, 0.15) is 5.57 Å². The average Bonchev–Trinajstić information content (AvgIpc) is 3.25.